The van der Waals surface area contributed by atoms with Crippen molar-refractivity contribution in [1.29, 1.82) is 0 Å². The van der Waals surface area contributed by atoms with Crippen LogP contribution in [0.4, 0.5) is 0 Å². The number of carboxylic acid groups (broad SMARTS) is 1. The van der Waals surface area contributed by atoms with Gasteiger partial charge in [0.2, 0.25) is 0 Å². The van der Waals surface area contributed by atoms with Crippen LogP contribution in [0.25, 0.3) is 0 Å². The van der Waals surface area contributed by atoms with Gasteiger partial charge in [0.05, 0.1) is 11.8 Å². The van der Waals surface area contributed by atoms with Gasteiger partial charge in [0, 0.05) is 0 Å². The van der Waals surface area contributed by atoms with Crippen LogP contribution in [-0.2, 0) is 14.3 Å². The second kappa shape index (κ2) is 10.4. The first kappa shape index (κ1) is 28.4. The van der Waals surface area contributed by atoms with Crippen molar-refractivity contribution in [3.05, 3.63) is 0 Å². The Bertz CT molecular complexity index is 905. The lowest BCUT2D eigenvalue weighted by atomic mass is 9.34. The van der Waals surface area contributed by atoms with Crippen molar-refractivity contribution >= 4 is 11.9 Å². The molecule has 0 radical (unpaired) electrons. The Hall–Kier alpha value is -1.10. The molecular weight excluding hydrogens is 474 g/mol. The molecular formula is C33H55NO4. The van der Waals surface area contributed by atoms with E-state index < -0.39 is 11.9 Å². The van der Waals surface area contributed by atoms with E-state index in [4.69, 9.17) is 10.5 Å². The molecule has 0 saturated heterocycles. The summed E-state index contributed by atoms with van der Waals surface area (Å²) in [4.78, 5) is 24.4. The molecule has 5 aliphatic rings. The van der Waals surface area contributed by atoms with Gasteiger partial charge in [0.1, 0.15) is 6.10 Å². The highest BCUT2D eigenvalue weighted by atomic mass is 16.5. The highest BCUT2D eigenvalue weighted by Crippen LogP contribution is 2.73. The molecule has 0 aromatic carbocycles. The average molecular weight is 530 g/mol. The molecule has 5 heteroatoms. The Kier molecular flexibility index (Phi) is 7.77. The number of unbranched alkanes of at least 4 members (excludes halogenated alkanes) is 1. The van der Waals surface area contributed by atoms with Crippen molar-refractivity contribution in [2.24, 2.45) is 69.3 Å². The van der Waals surface area contributed by atoms with E-state index in [9.17, 15) is 14.7 Å². The first-order chi connectivity index (χ1) is 18.0. The summed E-state index contributed by atoms with van der Waals surface area (Å²) in [5.74, 6) is 1.78. The summed E-state index contributed by atoms with van der Waals surface area (Å²) in [6.07, 6.45) is 15.9. The van der Waals surface area contributed by atoms with E-state index in [1.165, 1.54) is 64.2 Å². The van der Waals surface area contributed by atoms with Gasteiger partial charge < -0.3 is 15.6 Å². The predicted octanol–water partition coefficient (Wildman–Crippen LogP) is 7.07. The fraction of sp³-hybridized carbons (Fsp3) is 0.939. The molecule has 0 spiro atoms. The zero-order valence-electron chi connectivity index (χ0n) is 24.8. The third-order valence-electron chi connectivity index (χ3n) is 14.0. The second-order valence-electron chi connectivity index (χ2n) is 15.2. The van der Waals surface area contributed by atoms with Gasteiger partial charge in [-0.25, -0.2) is 0 Å². The minimum Gasteiger partial charge on any atom is -0.481 e. The Balaban J connectivity index is 1.28. The van der Waals surface area contributed by atoms with Crippen molar-refractivity contribution in [2.75, 3.05) is 6.54 Å². The van der Waals surface area contributed by atoms with E-state index in [-0.39, 0.29) is 23.9 Å². The van der Waals surface area contributed by atoms with Crippen molar-refractivity contribution in [1.82, 2.24) is 0 Å². The molecule has 11 unspecified atom stereocenters. The fourth-order valence-electron chi connectivity index (χ4n) is 11.4. The maximum absolute atomic E-state index is 13.0. The molecule has 0 aromatic heterocycles. The SMILES string of the molecule is CC1C(C(=O)O)CC1C(=O)OC1CCC2(C)C(CCC3(C)C2CCC2C(CCCCN)CCC[C@]23C)C1C. The molecule has 5 rings (SSSR count). The third kappa shape index (κ3) is 4.27. The molecule has 0 amide bonds. The number of esters is 1. The van der Waals surface area contributed by atoms with E-state index in [0.29, 0.717) is 34.5 Å². The standard InChI is InChI=1S/C33H55NO4/c1-20-23(29(35)36)19-24(20)30(37)38-27-14-16-31(3)25(21(27)2)13-17-33(5)28(31)12-11-26-22(9-6-7-18-34)10-8-15-32(26,33)4/h20-28H,6-19,34H2,1-5H3,(H,35,36)/t20?,21?,22?,23?,24?,25?,26?,27?,28?,31?,32-,33?/m1/s1. The quantitative estimate of drug-likeness (QED) is 0.272. The first-order valence-corrected chi connectivity index (χ1v) is 16.1. The monoisotopic (exact) mass is 529 g/mol. The molecule has 0 aromatic rings. The molecule has 216 valence electrons. The van der Waals surface area contributed by atoms with Crippen LogP contribution in [0.5, 0.6) is 0 Å². The van der Waals surface area contributed by atoms with Gasteiger partial charge in [-0.15, -0.1) is 0 Å². The summed E-state index contributed by atoms with van der Waals surface area (Å²) in [7, 11) is 0. The number of carbonyl (C=O) groups is 2. The van der Waals surface area contributed by atoms with Crippen LogP contribution in [0.3, 0.4) is 0 Å². The van der Waals surface area contributed by atoms with Crippen LogP contribution in [0.1, 0.15) is 118 Å². The van der Waals surface area contributed by atoms with E-state index >= 15 is 0 Å². The highest BCUT2D eigenvalue weighted by molar-refractivity contribution is 5.80. The summed E-state index contributed by atoms with van der Waals surface area (Å²) in [5, 5.41) is 9.34. The molecule has 12 atom stereocenters. The van der Waals surface area contributed by atoms with Gasteiger partial charge >= 0.3 is 11.9 Å². The van der Waals surface area contributed by atoms with E-state index in [1.54, 1.807) is 0 Å². The zero-order valence-corrected chi connectivity index (χ0v) is 24.8. The smallest absolute Gasteiger partial charge is 0.309 e. The van der Waals surface area contributed by atoms with Crippen LogP contribution >= 0.6 is 0 Å². The van der Waals surface area contributed by atoms with Gasteiger partial charge in [-0.3, -0.25) is 9.59 Å². The molecule has 0 bridgehead atoms. The van der Waals surface area contributed by atoms with Crippen molar-refractivity contribution in [3.63, 3.8) is 0 Å². The molecule has 3 N–H and O–H groups in total. The molecule has 5 aliphatic carbocycles. The van der Waals surface area contributed by atoms with E-state index in [2.05, 4.69) is 27.7 Å². The summed E-state index contributed by atoms with van der Waals surface area (Å²) in [5.41, 5.74) is 6.97. The zero-order chi connectivity index (χ0) is 27.5. The normalized spacial score (nSPS) is 50.1. The largest absolute Gasteiger partial charge is 0.481 e. The van der Waals surface area contributed by atoms with Crippen LogP contribution in [0.15, 0.2) is 0 Å². The highest BCUT2D eigenvalue weighted by Gasteiger charge is 2.66. The van der Waals surface area contributed by atoms with Gasteiger partial charge in [-0.1, -0.05) is 60.3 Å². The predicted molar refractivity (Wildman–Crippen MR) is 150 cm³/mol. The number of hydrogen-bond acceptors (Lipinski definition) is 4. The number of ether oxygens (including phenoxy) is 1. The number of carboxylic acids is 1. The van der Waals surface area contributed by atoms with Crippen molar-refractivity contribution < 1.29 is 19.4 Å². The molecule has 38 heavy (non-hydrogen) atoms. The van der Waals surface area contributed by atoms with Crippen molar-refractivity contribution in [2.45, 2.75) is 124 Å². The number of carbonyl (C=O) groups excluding carboxylic acids is 1. The second-order valence-corrected chi connectivity index (χ2v) is 15.2. The van der Waals surface area contributed by atoms with Gasteiger partial charge in [-0.05, 0) is 116 Å². The van der Waals surface area contributed by atoms with Gasteiger partial charge in [0.25, 0.3) is 0 Å². The van der Waals surface area contributed by atoms with Crippen LogP contribution < -0.4 is 5.73 Å². The number of aliphatic carboxylic acids is 1. The molecule has 0 heterocycles. The Morgan fingerprint density at radius 1 is 0.868 bits per heavy atom. The lowest BCUT2D eigenvalue weighted by Gasteiger charge is -2.70. The minimum atomic E-state index is -0.781. The average Bonchev–Trinajstić information content (AvgIpc) is 2.85. The Morgan fingerprint density at radius 2 is 1.63 bits per heavy atom. The number of fused-ring (bicyclic) bond motifs is 5. The maximum atomic E-state index is 13.0. The van der Waals surface area contributed by atoms with Crippen LogP contribution in [0, 0.1) is 63.6 Å². The number of rotatable bonds is 7. The lowest BCUT2D eigenvalue weighted by Crippen LogP contribution is -2.64. The summed E-state index contributed by atoms with van der Waals surface area (Å²) >= 11 is 0. The third-order valence-corrected chi connectivity index (χ3v) is 14.0. The van der Waals surface area contributed by atoms with E-state index in [1.807, 2.05) is 6.92 Å². The van der Waals surface area contributed by atoms with Crippen molar-refractivity contribution in [3.8, 4) is 0 Å². The summed E-state index contributed by atoms with van der Waals surface area (Å²) in [6, 6.07) is 0. The molecule has 5 nitrogen and oxygen atoms in total. The molecule has 0 aliphatic heterocycles. The topological polar surface area (TPSA) is 89.6 Å². The molecule has 5 saturated carbocycles. The number of nitrogens with two attached hydrogens (primary N) is 1. The van der Waals surface area contributed by atoms with Crippen LogP contribution in [-0.4, -0.2) is 29.7 Å². The van der Waals surface area contributed by atoms with Crippen LogP contribution in [0.2, 0.25) is 0 Å². The first-order valence-electron chi connectivity index (χ1n) is 16.1. The molecule has 5 fully saturated rings. The Labute approximate surface area is 231 Å². The lowest BCUT2D eigenvalue weighted by molar-refractivity contribution is -0.226. The number of hydrogen-bond donors (Lipinski definition) is 2. The van der Waals surface area contributed by atoms with Gasteiger partial charge in [0.15, 0.2) is 0 Å². The Morgan fingerprint density at radius 3 is 2.32 bits per heavy atom. The fourth-order valence-corrected chi connectivity index (χ4v) is 11.4. The van der Waals surface area contributed by atoms with E-state index in [0.717, 1.165) is 37.1 Å². The summed E-state index contributed by atoms with van der Waals surface area (Å²) < 4.78 is 6.19. The van der Waals surface area contributed by atoms with Gasteiger partial charge in [-0.2, -0.15) is 0 Å². The summed E-state index contributed by atoms with van der Waals surface area (Å²) in [6.45, 7) is 13.0. The minimum absolute atomic E-state index is 0.0189. The maximum Gasteiger partial charge on any atom is 0.309 e.